The van der Waals surface area contributed by atoms with Crippen LogP contribution in [0.5, 0.6) is 0 Å². The third-order valence-corrected chi connectivity index (χ3v) is 7.92. The summed E-state index contributed by atoms with van der Waals surface area (Å²) >= 11 is 5.91. The van der Waals surface area contributed by atoms with Crippen LogP contribution in [0.1, 0.15) is 17.4 Å². The van der Waals surface area contributed by atoms with Crippen molar-refractivity contribution in [3.05, 3.63) is 65.4 Å². The summed E-state index contributed by atoms with van der Waals surface area (Å²) in [5.74, 6) is -0.853. The van der Waals surface area contributed by atoms with Crippen LogP contribution in [0.15, 0.2) is 64.5 Å². The predicted octanol–water partition coefficient (Wildman–Crippen LogP) is 2.65. The molecule has 11 heteroatoms. The fourth-order valence-electron chi connectivity index (χ4n) is 2.80. The number of hydrogen-bond acceptors (Lipinski definition) is 6. The molecule has 8 nitrogen and oxygen atoms in total. The Morgan fingerprint density at radius 1 is 1.03 bits per heavy atom. The van der Waals surface area contributed by atoms with Gasteiger partial charge in [0.1, 0.15) is 16.4 Å². The summed E-state index contributed by atoms with van der Waals surface area (Å²) in [5, 5.41) is -0.0294. The number of carbonyl (C=O) groups excluding carboxylic acids is 1. The Hall–Kier alpha value is -2.69. The van der Waals surface area contributed by atoms with E-state index in [1.165, 1.54) is 42.0 Å². The Bertz CT molecular complexity index is 1330. The second kappa shape index (κ2) is 8.21. The van der Waals surface area contributed by atoms with Crippen LogP contribution >= 0.6 is 11.6 Å². The highest BCUT2D eigenvalue weighted by Gasteiger charge is 2.25. The number of aromatic nitrogens is 2. The molecule has 0 bridgehead atoms. The van der Waals surface area contributed by atoms with Crippen LogP contribution < -0.4 is 4.72 Å². The zero-order valence-electron chi connectivity index (χ0n) is 16.0. The molecule has 0 saturated heterocycles. The van der Waals surface area contributed by atoms with Gasteiger partial charge in [-0.1, -0.05) is 42.8 Å². The van der Waals surface area contributed by atoms with Crippen molar-refractivity contribution in [2.75, 3.05) is 5.75 Å². The number of aryl methyl sites for hydroxylation is 1. The number of sulfonamides is 1. The largest absolute Gasteiger partial charge is 0.333 e. The second-order valence-corrected chi connectivity index (χ2v) is 10.6. The van der Waals surface area contributed by atoms with Gasteiger partial charge in [0.05, 0.1) is 15.7 Å². The van der Waals surface area contributed by atoms with Gasteiger partial charge in [-0.2, -0.15) is 0 Å². The Balaban J connectivity index is 1.99. The van der Waals surface area contributed by atoms with Crippen molar-refractivity contribution in [2.24, 2.45) is 7.05 Å². The molecule has 3 aromatic rings. The van der Waals surface area contributed by atoms with E-state index >= 15 is 0 Å². The van der Waals surface area contributed by atoms with Crippen molar-refractivity contribution < 1.29 is 21.6 Å². The van der Waals surface area contributed by atoms with E-state index in [-0.39, 0.29) is 32.1 Å². The highest BCUT2D eigenvalue weighted by Crippen LogP contribution is 2.27. The molecule has 3 rings (SSSR count). The number of halogens is 1. The Labute approximate surface area is 179 Å². The summed E-state index contributed by atoms with van der Waals surface area (Å²) in [5.41, 5.74) is 0.127. The molecular formula is C19H18ClN3O5S2. The monoisotopic (exact) mass is 467 g/mol. The van der Waals surface area contributed by atoms with Gasteiger partial charge in [-0.05, 0) is 24.3 Å². The molecule has 0 spiro atoms. The molecule has 0 aliphatic rings. The molecule has 30 heavy (non-hydrogen) atoms. The van der Waals surface area contributed by atoms with Gasteiger partial charge in [0.15, 0.2) is 9.84 Å². The summed E-state index contributed by atoms with van der Waals surface area (Å²) in [6.07, 6.45) is 1.32. The van der Waals surface area contributed by atoms with Gasteiger partial charge in [-0.3, -0.25) is 4.79 Å². The van der Waals surface area contributed by atoms with E-state index in [9.17, 15) is 21.6 Å². The maximum Gasteiger partial charge on any atom is 0.285 e. The zero-order valence-corrected chi connectivity index (χ0v) is 18.4. The minimum absolute atomic E-state index is 0.0294. The molecule has 0 fully saturated rings. The summed E-state index contributed by atoms with van der Waals surface area (Å²) in [6.45, 7) is 1.53. The molecule has 0 radical (unpaired) electrons. The van der Waals surface area contributed by atoms with E-state index in [1.54, 1.807) is 31.3 Å². The minimum Gasteiger partial charge on any atom is -0.333 e. The number of nitrogens with one attached hydrogen (secondary N) is 1. The summed E-state index contributed by atoms with van der Waals surface area (Å²) in [4.78, 5) is 16.6. The van der Waals surface area contributed by atoms with E-state index in [0.29, 0.717) is 5.56 Å². The van der Waals surface area contributed by atoms with Crippen LogP contribution in [0.2, 0.25) is 5.02 Å². The highest BCUT2D eigenvalue weighted by molar-refractivity contribution is 7.91. The van der Waals surface area contributed by atoms with Crippen LogP contribution in [0, 0.1) is 0 Å². The molecule has 0 saturated carbocycles. The molecule has 1 aromatic heterocycles. The molecule has 158 valence electrons. The lowest BCUT2D eigenvalue weighted by Gasteiger charge is -2.09. The molecule has 1 heterocycles. The van der Waals surface area contributed by atoms with Gasteiger partial charge in [0.25, 0.3) is 15.9 Å². The first-order chi connectivity index (χ1) is 14.1. The molecular weight excluding hydrogens is 450 g/mol. The van der Waals surface area contributed by atoms with Gasteiger partial charge in [0, 0.05) is 18.8 Å². The van der Waals surface area contributed by atoms with Crippen molar-refractivity contribution >= 4 is 37.4 Å². The second-order valence-electron chi connectivity index (χ2n) is 6.33. The van der Waals surface area contributed by atoms with Crippen LogP contribution in [-0.4, -0.2) is 38.0 Å². The molecule has 1 amide bonds. The first-order valence-corrected chi connectivity index (χ1v) is 12.3. The van der Waals surface area contributed by atoms with Crippen molar-refractivity contribution in [1.82, 2.24) is 14.3 Å². The average molecular weight is 468 g/mol. The zero-order chi connectivity index (χ0) is 22.1. The number of nitrogens with zero attached hydrogens (tertiary/aromatic N) is 2. The number of carbonyl (C=O) groups is 1. The van der Waals surface area contributed by atoms with Crippen LogP contribution in [-0.2, 0) is 26.9 Å². The summed E-state index contributed by atoms with van der Waals surface area (Å²) < 4.78 is 53.2. The maximum absolute atomic E-state index is 12.6. The van der Waals surface area contributed by atoms with Crippen molar-refractivity contribution in [3.8, 4) is 11.4 Å². The maximum atomic E-state index is 12.6. The van der Waals surface area contributed by atoms with E-state index < -0.39 is 25.8 Å². The molecule has 0 unspecified atom stereocenters. The molecule has 0 aliphatic heterocycles. The molecule has 1 N–H and O–H groups in total. The molecule has 0 atom stereocenters. The quantitative estimate of drug-likeness (QED) is 0.595. The number of rotatable bonds is 6. The van der Waals surface area contributed by atoms with E-state index in [4.69, 9.17) is 11.6 Å². The predicted molar refractivity (Wildman–Crippen MR) is 112 cm³/mol. The smallest absolute Gasteiger partial charge is 0.285 e. The first-order valence-electron chi connectivity index (χ1n) is 8.74. The fraction of sp³-hybridized carbons (Fsp3) is 0.158. The van der Waals surface area contributed by atoms with Crippen molar-refractivity contribution in [1.29, 1.82) is 0 Å². The minimum atomic E-state index is -4.22. The molecule has 0 aliphatic carbocycles. The van der Waals surface area contributed by atoms with E-state index in [0.717, 1.165) is 0 Å². The van der Waals surface area contributed by atoms with Crippen LogP contribution in [0.25, 0.3) is 11.4 Å². The number of sulfone groups is 1. The lowest BCUT2D eigenvalue weighted by molar-refractivity contribution is 0.0977. The van der Waals surface area contributed by atoms with Gasteiger partial charge in [-0.25, -0.2) is 26.5 Å². The van der Waals surface area contributed by atoms with Crippen LogP contribution in [0.4, 0.5) is 0 Å². The third kappa shape index (κ3) is 4.25. The van der Waals surface area contributed by atoms with E-state index in [2.05, 4.69) is 4.98 Å². The Morgan fingerprint density at radius 2 is 1.63 bits per heavy atom. The number of amides is 1. The van der Waals surface area contributed by atoms with Gasteiger partial charge in [0.2, 0.25) is 0 Å². The number of imidazole rings is 1. The topological polar surface area (TPSA) is 115 Å². The normalized spacial score (nSPS) is 12.0. The third-order valence-electron chi connectivity index (χ3n) is 4.31. The standard InChI is InChI=1S/C19H18ClN3O5S2/c1-3-29(25,26)16-10-6-4-8-13(16)18-21-15(12-23(18)2)19(24)22-30(27,28)17-11-7-5-9-14(17)20/h4-12H,3H2,1-2H3,(H,22,24). The van der Waals surface area contributed by atoms with Crippen molar-refractivity contribution in [2.45, 2.75) is 16.7 Å². The summed E-state index contributed by atoms with van der Waals surface area (Å²) in [6, 6.07) is 12.0. The van der Waals surface area contributed by atoms with Crippen molar-refractivity contribution in [3.63, 3.8) is 0 Å². The summed E-state index contributed by atoms with van der Waals surface area (Å²) in [7, 11) is -6.18. The fourth-order valence-corrected chi connectivity index (χ4v) is 5.37. The lowest BCUT2D eigenvalue weighted by atomic mass is 10.2. The average Bonchev–Trinajstić information content (AvgIpc) is 3.09. The van der Waals surface area contributed by atoms with Gasteiger partial charge >= 0.3 is 0 Å². The Kier molecular flexibility index (Phi) is 6.02. The highest BCUT2D eigenvalue weighted by atomic mass is 35.5. The first kappa shape index (κ1) is 22.0. The van der Waals surface area contributed by atoms with Gasteiger partial charge in [-0.15, -0.1) is 0 Å². The van der Waals surface area contributed by atoms with Gasteiger partial charge < -0.3 is 4.57 Å². The SMILES string of the molecule is CCS(=O)(=O)c1ccccc1-c1nc(C(=O)NS(=O)(=O)c2ccccc2Cl)cn1C. The lowest BCUT2D eigenvalue weighted by Crippen LogP contribution is -2.31. The van der Waals surface area contributed by atoms with Crippen LogP contribution in [0.3, 0.4) is 0 Å². The van der Waals surface area contributed by atoms with E-state index in [1.807, 2.05) is 4.72 Å². The number of hydrogen-bond donors (Lipinski definition) is 1. The Morgan fingerprint density at radius 3 is 2.27 bits per heavy atom. The molecule has 2 aromatic carbocycles. The number of benzene rings is 2.